The first-order valence-electron chi connectivity index (χ1n) is 5.52. The summed E-state index contributed by atoms with van der Waals surface area (Å²) in [5.41, 5.74) is 0.647. The number of halogens is 1. The molecule has 96 valence electrons. The maximum Gasteiger partial charge on any atom is 0.356 e. The van der Waals surface area contributed by atoms with Crippen LogP contribution in [0.1, 0.15) is 10.5 Å². The third-order valence-corrected chi connectivity index (χ3v) is 4.03. The van der Waals surface area contributed by atoms with Crippen molar-refractivity contribution >= 4 is 27.4 Å². The molecule has 1 N–H and O–H groups in total. The molecule has 0 unspecified atom stereocenters. The molecule has 0 amide bonds. The smallest absolute Gasteiger partial charge is 0.356 e. The van der Waals surface area contributed by atoms with Crippen molar-refractivity contribution in [2.75, 3.05) is 0 Å². The Morgan fingerprint density at radius 3 is 2.84 bits per heavy atom. The summed E-state index contributed by atoms with van der Waals surface area (Å²) in [5.74, 6) is -1.34. The molecule has 0 aliphatic carbocycles. The zero-order valence-electron chi connectivity index (χ0n) is 9.92. The van der Waals surface area contributed by atoms with Gasteiger partial charge in [0.05, 0.1) is 15.3 Å². The first-order valence-corrected chi connectivity index (χ1v) is 6.33. The first kappa shape index (κ1) is 11.9. The van der Waals surface area contributed by atoms with Crippen molar-refractivity contribution in [3.8, 4) is 10.6 Å². The maximum absolute atomic E-state index is 13.6. The topological polar surface area (TPSA) is 55.1 Å². The zero-order chi connectivity index (χ0) is 13.6. The fraction of sp³-hybridized carbons (Fsp3) is 0.0769. The van der Waals surface area contributed by atoms with Gasteiger partial charge in [-0.15, -0.1) is 11.3 Å². The summed E-state index contributed by atoms with van der Waals surface area (Å²) < 4.78 is 15.7. The van der Waals surface area contributed by atoms with Gasteiger partial charge in [-0.1, -0.05) is 12.1 Å². The van der Waals surface area contributed by atoms with Gasteiger partial charge in [0, 0.05) is 7.05 Å². The fourth-order valence-corrected chi connectivity index (χ4v) is 3.07. The number of rotatable bonds is 2. The molecule has 2 aromatic heterocycles. The van der Waals surface area contributed by atoms with Gasteiger partial charge in [0.2, 0.25) is 0 Å². The van der Waals surface area contributed by atoms with Gasteiger partial charge < -0.3 is 5.11 Å². The number of carbonyl (C=O) groups is 1. The van der Waals surface area contributed by atoms with E-state index < -0.39 is 5.97 Å². The molecular formula is C13H9FN2O2S. The normalized spacial score (nSPS) is 11.1. The Labute approximate surface area is 111 Å². The molecule has 0 aliphatic heterocycles. The van der Waals surface area contributed by atoms with Crippen molar-refractivity contribution in [2.24, 2.45) is 7.05 Å². The fourth-order valence-electron chi connectivity index (χ4n) is 1.96. The molecule has 0 spiro atoms. The van der Waals surface area contributed by atoms with Crippen molar-refractivity contribution in [3.05, 3.63) is 41.8 Å². The van der Waals surface area contributed by atoms with Crippen LogP contribution >= 0.6 is 11.3 Å². The molecule has 6 heteroatoms. The summed E-state index contributed by atoms with van der Waals surface area (Å²) in [6, 6.07) is 8.22. The van der Waals surface area contributed by atoms with Crippen molar-refractivity contribution in [1.82, 2.24) is 9.78 Å². The Kier molecular flexibility index (Phi) is 2.60. The minimum absolute atomic E-state index is 0.0181. The van der Waals surface area contributed by atoms with Gasteiger partial charge in [0.15, 0.2) is 5.69 Å². The Morgan fingerprint density at radius 2 is 2.21 bits per heavy atom. The highest BCUT2D eigenvalue weighted by molar-refractivity contribution is 7.22. The largest absolute Gasteiger partial charge is 0.476 e. The number of aryl methyl sites for hydroxylation is 1. The standard InChI is InChI=1S/C13H9FN2O2S/c1-16-10(6-9(15-16)13(17)18)11-5-7-3-2-4-8(14)12(7)19-11/h2-6H,1H3,(H,17,18). The van der Waals surface area contributed by atoms with E-state index in [0.717, 1.165) is 10.3 Å². The van der Waals surface area contributed by atoms with E-state index in [-0.39, 0.29) is 11.5 Å². The number of nitrogens with zero attached hydrogens (tertiary/aromatic N) is 2. The predicted octanol–water partition coefficient (Wildman–Crippen LogP) is 3.14. The van der Waals surface area contributed by atoms with E-state index in [1.54, 1.807) is 13.1 Å². The van der Waals surface area contributed by atoms with Crippen LogP contribution in [0.3, 0.4) is 0 Å². The second-order valence-corrected chi connectivity index (χ2v) is 5.16. The second-order valence-electron chi connectivity index (χ2n) is 4.11. The molecule has 0 fully saturated rings. The molecule has 0 radical (unpaired) electrons. The molecule has 4 nitrogen and oxygen atoms in total. The van der Waals surface area contributed by atoms with Gasteiger partial charge in [-0.25, -0.2) is 9.18 Å². The van der Waals surface area contributed by atoms with Crippen LogP contribution in [0.15, 0.2) is 30.3 Å². The summed E-state index contributed by atoms with van der Waals surface area (Å²) >= 11 is 1.29. The molecular weight excluding hydrogens is 267 g/mol. The van der Waals surface area contributed by atoms with Crippen molar-refractivity contribution in [1.29, 1.82) is 0 Å². The molecule has 0 saturated heterocycles. The average molecular weight is 276 g/mol. The predicted molar refractivity (Wildman–Crippen MR) is 70.9 cm³/mol. The SMILES string of the molecule is Cn1nc(C(=O)O)cc1-c1cc2cccc(F)c2s1. The summed E-state index contributed by atoms with van der Waals surface area (Å²) in [7, 11) is 1.67. The minimum Gasteiger partial charge on any atom is -0.476 e. The highest BCUT2D eigenvalue weighted by Gasteiger charge is 2.15. The van der Waals surface area contributed by atoms with E-state index in [9.17, 15) is 9.18 Å². The molecule has 1 aromatic carbocycles. The van der Waals surface area contributed by atoms with Crippen LogP contribution in [0.25, 0.3) is 20.7 Å². The molecule has 2 heterocycles. The Hall–Kier alpha value is -2.21. The van der Waals surface area contributed by atoms with Crippen LogP contribution in [0, 0.1) is 5.82 Å². The quantitative estimate of drug-likeness (QED) is 0.782. The number of hydrogen-bond donors (Lipinski definition) is 1. The van der Waals surface area contributed by atoms with Crippen LogP contribution in [0.4, 0.5) is 4.39 Å². The van der Waals surface area contributed by atoms with Crippen molar-refractivity contribution < 1.29 is 14.3 Å². The van der Waals surface area contributed by atoms with Crippen LogP contribution < -0.4 is 0 Å². The molecule has 0 aliphatic rings. The van der Waals surface area contributed by atoms with Crippen LogP contribution in [0.2, 0.25) is 0 Å². The van der Waals surface area contributed by atoms with Gasteiger partial charge in [0.25, 0.3) is 0 Å². The number of aromatic carboxylic acids is 1. The number of hydrogen-bond acceptors (Lipinski definition) is 3. The monoisotopic (exact) mass is 276 g/mol. The average Bonchev–Trinajstić information content (AvgIpc) is 2.93. The number of aromatic nitrogens is 2. The summed E-state index contributed by atoms with van der Waals surface area (Å²) in [5, 5.41) is 13.6. The van der Waals surface area contributed by atoms with E-state index in [4.69, 9.17) is 5.11 Å². The zero-order valence-corrected chi connectivity index (χ0v) is 10.7. The van der Waals surface area contributed by atoms with Gasteiger partial charge in [-0.2, -0.15) is 5.10 Å². The summed E-state index contributed by atoms with van der Waals surface area (Å²) in [6.07, 6.45) is 0. The lowest BCUT2D eigenvalue weighted by atomic mass is 10.2. The molecule has 3 rings (SSSR count). The Balaban J connectivity index is 2.19. The Morgan fingerprint density at radius 1 is 1.42 bits per heavy atom. The third kappa shape index (κ3) is 1.90. The second kappa shape index (κ2) is 4.17. The van der Waals surface area contributed by atoms with Crippen molar-refractivity contribution in [3.63, 3.8) is 0 Å². The van der Waals surface area contributed by atoms with Crippen LogP contribution in [-0.2, 0) is 7.05 Å². The van der Waals surface area contributed by atoms with Crippen molar-refractivity contribution in [2.45, 2.75) is 0 Å². The van der Waals surface area contributed by atoms with Gasteiger partial charge >= 0.3 is 5.97 Å². The lowest BCUT2D eigenvalue weighted by molar-refractivity contribution is 0.0689. The number of carboxylic acid groups (broad SMARTS) is 1. The maximum atomic E-state index is 13.6. The number of carboxylic acids is 1. The van der Waals surface area contributed by atoms with E-state index >= 15 is 0 Å². The highest BCUT2D eigenvalue weighted by atomic mass is 32.1. The molecule has 0 atom stereocenters. The van der Waals surface area contributed by atoms with Gasteiger partial charge in [-0.05, 0) is 23.6 Å². The lowest BCUT2D eigenvalue weighted by Gasteiger charge is -1.95. The van der Waals surface area contributed by atoms with E-state index in [1.807, 2.05) is 12.1 Å². The van der Waals surface area contributed by atoms with Gasteiger partial charge in [-0.3, -0.25) is 4.68 Å². The van der Waals surface area contributed by atoms with Crippen LogP contribution in [0.5, 0.6) is 0 Å². The molecule has 0 bridgehead atoms. The number of benzene rings is 1. The number of fused-ring (bicyclic) bond motifs is 1. The summed E-state index contributed by atoms with van der Waals surface area (Å²) in [4.78, 5) is 11.7. The molecule has 3 aromatic rings. The third-order valence-electron chi connectivity index (χ3n) is 2.85. The van der Waals surface area contributed by atoms with Crippen LogP contribution in [-0.4, -0.2) is 20.9 Å². The molecule has 19 heavy (non-hydrogen) atoms. The van der Waals surface area contributed by atoms with E-state index in [2.05, 4.69) is 5.10 Å². The van der Waals surface area contributed by atoms with Gasteiger partial charge in [0.1, 0.15) is 5.82 Å². The Bertz CT molecular complexity index is 791. The highest BCUT2D eigenvalue weighted by Crippen LogP contribution is 2.34. The lowest BCUT2D eigenvalue weighted by Crippen LogP contribution is -1.99. The molecule has 0 saturated carbocycles. The minimum atomic E-state index is -1.07. The van der Waals surface area contributed by atoms with E-state index in [0.29, 0.717) is 10.4 Å². The number of thiophene rings is 1. The van der Waals surface area contributed by atoms with E-state index in [1.165, 1.54) is 28.2 Å². The first-order chi connectivity index (χ1) is 9.06. The summed E-state index contributed by atoms with van der Waals surface area (Å²) in [6.45, 7) is 0.